The van der Waals surface area contributed by atoms with Crippen LogP contribution in [0.15, 0.2) is 60.7 Å². The van der Waals surface area contributed by atoms with Crippen LogP contribution in [0.1, 0.15) is 41.2 Å². The van der Waals surface area contributed by atoms with E-state index < -0.39 is 5.97 Å². The van der Waals surface area contributed by atoms with Crippen molar-refractivity contribution in [1.29, 1.82) is 0 Å². The van der Waals surface area contributed by atoms with E-state index in [1.807, 2.05) is 55.6 Å². The highest BCUT2D eigenvalue weighted by atomic mass is 16.5. The lowest BCUT2D eigenvalue weighted by Gasteiger charge is -2.19. The summed E-state index contributed by atoms with van der Waals surface area (Å²) in [6.45, 7) is 1.05. The van der Waals surface area contributed by atoms with Gasteiger partial charge in [0.1, 0.15) is 0 Å². The summed E-state index contributed by atoms with van der Waals surface area (Å²) >= 11 is 0. The molecule has 3 aromatic rings. The van der Waals surface area contributed by atoms with E-state index in [0.29, 0.717) is 18.0 Å². The number of rotatable bonds is 9. The fourth-order valence-electron chi connectivity index (χ4n) is 3.57. The fourth-order valence-corrected chi connectivity index (χ4v) is 3.57. The Labute approximate surface area is 182 Å². The Hall–Kier alpha value is -3.41. The minimum absolute atomic E-state index is 0.289. The number of carbonyl (C=O) groups is 2. The van der Waals surface area contributed by atoms with Crippen molar-refractivity contribution in [3.8, 4) is 0 Å². The number of para-hydroxylation sites is 2. The van der Waals surface area contributed by atoms with Gasteiger partial charge in [0.15, 0.2) is 6.61 Å². The molecule has 1 aliphatic carbocycles. The minimum atomic E-state index is -0.487. The number of carbonyl (C=O) groups excluding carboxylic acids is 2. The van der Waals surface area contributed by atoms with Gasteiger partial charge in [-0.15, -0.1) is 0 Å². The second kappa shape index (κ2) is 9.60. The molecule has 31 heavy (non-hydrogen) atoms. The number of anilines is 1. The van der Waals surface area contributed by atoms with Gasteiger partial charge in [-0.3, -0.25) is 9.78 Å². The van der Waals surface area contributed by atoms with Gasteiger partial charge in [0.25, 0.3) is 5.91 Å². The third-order valence-electron chi connectivity index (χ3n) is 5.48. The minimum Gasteiger partial charge on any atom is -0.452 e. The van der Waals surface area contributed by atoms with Crippen molar-refractivity contribution in [3.63, 3.8) is 0 Å². The lowest BCUT2D eigenvalue weighted by molar-refractivity contribution is -0.124. The highest BCUT2D eigenvalue weighted by molar-refractivity contribution is 6.04. The number of hydrogen-bond acceptors (Lipinski definition) is 5. The average Bonchev–Trinajstić information content (AvgIpc) is 3.65. The highest BCUT2D eigenvalue weighted by Gasteiger charge is 2.27. The Morgan fingerprint density at radius 2 is 1.84 bits per heavy atom. The normalized spacial score (nSPS) is 13.1. The number of hydrogen-bond donors (Lipinski definition) is 1. The number of nitrogens with zero attached hydrogens (tertiary/aromatic N) is 2. The molecule has 0 atom stereocenters. The molecular weight excluding hydrogens is 390 g/mol. The molecule has 1 N–H and O–H groups in total. The summed E-state index contributed by atoms with van der Waals surface area (Å²) in [5, 5.41) is 3.57. The van der Waals surface area contributed by atoms with Gasteiger partial charge in [-0.1, -0.05) is 36.4 Å². The molecule has 1 aliphatic rings. The molecule has 160 valence electrons. The number of pyridine rings is 1. The predicted molar refractivity (Wildman–Crippen MR) is 121 cm³/mol. The van der Waals surface area contributed by atoms with Crippen molar-refractivity contribution < 1.29 is 14.3 Å². The van der Waals surface area contributed by atoms with Gasteiger partial charge >= 0.3 is 5.97 Å². The van der Waals surface area contributed by atoms with Gasteiger partial charge in [-0.05, 0) is 43.5 Å². The summed E-state index contributed by atoms with van der Waals surface area (Å²) in [7, 11) is 2.02. The monoisotopic (exact) mass is 417 g/mol. The van der Waals surface area contributed by atoms with Crippen LogP contribution in [-0.4, -0.2) is 43.6 Å². The van der Waals surface area contributed by atoms with Crippen molar-refractivity contribution in [3.05, 3.63) is 71.9 Å². The maximum atomic E-state index is 12.7. The van der Waals surface area contributed by atoms with Gasteiger partial charge in [0, 0.05) is 42.8 Å². The maximum Gasteiger partial charge on any atom is 0.339 e. The highest BCUT2D eigenvalue weighted by Crippen LogP contribution is 2.40. The van der Waals surface area contributed by atoms with Gasteiger partial charge < -0.3 is 15.0 Å². The first-order valence-electron chi connectivity index (χ1n) is 10.7. The molecule has 0 bridgehead atoms. The molecule has 4 rings (SSSR count). The molecule has 1 heterocycles. The summed E-state index contributed by atoms with van der Waals surface area (Å²) < 4.78 is 5.31. The molecule has 1 saturated carbocycles. The Morgan fingerprint density at radius 1 is 1.10 bits per heavy atom. The Morgan fingerprint density at radius 3 is 2.61 bits per heavy atom. The van der Waals surface area contributed by atoms with Crippen molar-refractivity contribution >= 4 is 28.5 Å². The van der Waals surface area contributed by atoms with Crippen LogP contribution < -0.4 is 10.2 Å². The van der Waals surface area contributed by atoms with E-state index >= 15 is 0 Å². The van der Waals surface area contributed by atoms with E-state index in [1.54, 1.807) is 0 Å². The lowest BCUT2D eigenvalue weighted by atomic mass is 10.1. The maximum absolute atomic E-state index is 12.7. The van der Waals surface area contributed by atoms with Crippen LogP contribution in [-0.2, 0) is 9.53 Å². The van der Waals surface area contributed by atoms with Crippen molar-refractivity contribution in [2.75, 3.05) is 31.6 Å². The SMILES string of the molecule is CN(CCCNC(=O)COC(=O)c1cc(C2CC2)nc2ccccc12)c1ccccc1. The molecule has 0 aliphatic heterocycles. The number of fused-ring (bicyclic) bond motifs is 1. The topological polar surface area (TPSA) is 71.5 Å². The van der Waals surface area contributed by atoms with Crippen LogP contribution in [0, 0.1) is 0 Å². The summed E-state index contributed by atoms with van der Waals surface area (Å²) in [4.78, 5) is 31.6. The van der Waals surface area contributed by atoms with Crippen LogP contribution in [0.4, 0.5) is 5.69 Å². The number of amides is 1. The number of benzene rings is 2. The van der Waals surface area contributed by atoms with E-state index in [9.17, 15) is 9.59 Å². The lowest BCUT2D eigenvalue weighted by Crippen LogP contribution is -2.31. The molecule has 6 heteroatoms. The van der Waals surface area contributed by atoms with Crippen molar-refractivity contribution in [2.45, 2.75) is 25.2 Å². The van der Waals surface area contributed by atoms with Gasteiger partial charge in [0.2, 0.25) is 0 Å². The Bertz CT molecular complexity index is 1060. The molecule has 1 aromatic heterocycles. The van der Waals surface area contributed by atoms with Crippen LogP contribution in [0.3, 0.4) is 0 Å². The van der Waals surface area contributed by atoms with Crippen LogP contribution in [0.25, 0.3) is 10.9 Å². The van der Waals surface area contributed by atoms with E-state index in [-0.39, 0.29) is 12.5 Å². The Kier molecular flexibility index (Phi) is 6.46. The molecular formula is C25H27N3O3. The van der Waals surface area contributed by atoms with Crippen LogP contribution in [0.5, 0.6) is 0 Å². The first kappa shape index (κ1) is 20.8. The fraction of sp³-hybridized carbons (Fsp3) is 0.320. The second-order valence-corrected chi connectivity index (χ2v) is 7.92. The molecule has 0 spiro atoms. The zero-order valence-corrected chi connectivity index (χ0v) is 17.7. The van der Waals surface area contributed by atoms with Gasteiger partial charge in [-0.25, -0.2) is 4.79 Å². The summed E-state index contributed by atoms with van der Waals surface area (Å²) in [5.74, 6) is -0.357. The number of aromatic nitrogens is 1. The number of ether oxygens (including phenoxy) is 1. The second-order valence-electron chi connectivity index (χ2n) is 7.92. The molecule has 0 unspecified atom stereocenters. The quantitative estimate of drug-likeness (QED) is 0.422. The number of esters is 1. The zero-order valence-electron chi connectivity index (χ0n) is 17.7. The number of nitrogens with one attached hydrogen (secondary N) is 1. The summed E-state index contributed by atoms with van der Waals surface area (Å²) in [6, 6.07) is 19.4. The molecule has 1 fully saturated rings. The molecule has 0 saturated heterocycles. The largest absolute Gasteiger partial charge is 0.452 e. The van der Waals surface area contributed by atoms with Crippen LogP contribution >= 0.6 is 0 Å². The smallest absolute Gasteiger partial charge is 0.339 e. The molecule has 2 aromatic carbocycles. The summed E-state index contributed by atoms with van der Waals surface area (Å²) in [6.07, 6.45) is 2.99. The third-order valence-corrected chi connectivity index (χ3v) is 5.48. The third kappa shape index (κ3) is 5.40. The van der Waals surface area contributed by atoms with E-state index in [4.69, 9.17) is 4.74 Å². The first-order valence-corrected chi connectivity index (χ1v) is 10.7. The predicted octanol–water partition coefficient (Wildman–Crippen LogP) is 3.91. The van der Waals surface area contributed by atoms with E-state index in [0.717, 1.165) is 48.1 Å². The van der Waals surface area contributed by atoms with Gasteiger partial charge in [0.05, 0.1) is 11.1 Å². The molecule has 6 nitrogen and oxygen atoms in total. The van der Waals surface area contributed by atoms with Crippen molar-refractivity contribution in [2.24, 2.45) is 0 Å². The first-order chi connectivity index (χ1) is 15.1. The average molecular weight is 418 g/mol. The van der Waals surface area contributed by atoms with Crippen LogP contribution in [0.2, 0.25) is 0 Å². The van der Waals surface area contributed by atoms with E-state index in [1.165, 1.54) is 0 Å². The Balaban J connectivity index is 1.26. The summed E-state index contributed by atoms with van der Waals surface area (Å²) in [5.41, 5.74) is 3.33. The van der Waals surface area contributed by atoms with E-state index in [2.05, 4.69) is 27.3 Å². The zero-order chi connectivity index (χ0) is 21.6. The van der Waals surface area contributed by atoms with Gasteiger partial charge in [-0.2, -0.15) is 0 Å². The standard InChI is InChI=1S/C25H27N3O3/c1-28(19-8-3-2-4-9-19)15-7-14-26-24(29)17-31-25(30)21-16-23(18-12-13-18)27-22-11-6-5-10-20(21)22/h2-6,8-11,16,18H,7,12-15,17H2,1H3,(H,26,29). The van der Waals surface area contributed by atoms with Crippen molar-refractivity contribution in [1.82, 2.24) is 10.3 Å². The molecule has 0 radical (unpaired) electrons. The molecule has 1 amide bonds.